The average Bonchev–Trinajstić information content (AvgIpc) is 2.63. The van der Waals surface area contributed by atoms with Gasteiger partial charge in [0.05, 0.1) is 0 Å². The Morgan fingerprint density at radius 3 is 1.64 bits per heavy atom. The number of allylic oxidation sites excluding steroid dienone is 2. The topological polar surface area (TPSA) is 21.7 Å². The summed E-state index contributed by atoms with van der Waals surface area (Å²) in [5.74, 6) is 2.09. The third-order valence-corrected chi connectivity index (χ3v) is 4.07. The maximum atomic E-state index is 5.81. The minimum Gasteiger partial charge on any atom is -0.428 e. The zero-order valence-electron chi connectivity index (χ0n) is 9.54. The number of hydrogen-bond donors (Lipinski definition) is 0. The largest absolute Gasteiger partial charge is 0.428 e. The van der Waals surface area contributed by atoms with Crippen molar-refractivity contribution < 1.29 is 9.05 Å². The highest BCUT2D eigenvalue weighted by Gasteiger charge is 2.31. The molecule has 0 saturated carbocycles. The highest BCUT2D eigenvalue weighted by Crippen LogP contribution is 2.53. The lowest BCUT2D eigenvalue weighted by Crippen LogP contribution is -2.17. The van der Waals surface area contributed by atoms with Crippen LogP contribution in [-0.4, -0.2) is 17.8 Å². The molecule has 1 heterocycles. The molecule has 4 heteroatoms. The van der Waals surface area contributed by atoms with Crippen LogP contribution >= 0.6 is 8.53 Å². The second-order valence-electron chi connectivity index (χ2n) is 3.11. The van der Waals surface area contributed by atoms with Crippen LogP contribution in [0.5, 0.6) is 0 Å². The molecule has 0 saturated heterocycles. The van der Waals surface area contributed by atoms with Gasteiger partial charge < -0.3 is 9.05 Å². The molecule has 0 radical (unpaired) electrons. The summed E-state index contributed by atoms with van der Waals surface area (Å²) in [6, 6.07) is 0. The third kappa shape index (κ3) is 2.40. The summed E-state index contributed by atoms with van der Waals surface area (Å²) in [5.41, 5.74) is 0. The van der Waals surface area contributed by atoms with Gasteiger partial charge in [0.15, 0.2) is 0 Å². The molecule has 82 valence electrons. The normalized spacial score (nSPS) is 17.5. The fourth-order valence-electron chi connectivity index (χ4n) is 1.40. The molecule has 1 aliphatic heterocycles. The predicted molar refractivity (Wildman–Crippen MR) is 59.6 cm³/mol. The van der Waals surface area contributed by atoms with Gasteiger partial charge in [0, 0.05) is 25.9 Å². The first-order chi connectivity index (χ1) is 6.76. The van der Waals surface area contributed by atoms with Crippen molar-refractivity contribution in [3.8, 4) is 0 Å². The molecule has 14 heavy (non-hydrogen) atoms. The minimum absolute atomic E-state index is 0.840. The Morgan fingerprint density at radius 2 is 1.36 bits per heavy atom. The first kappa shape index (κ1) is 11.8. The van der Waals surface area contributed by atoms with E-state index in [1.165, 1.54) is 0 Å². The highest BCUT2D eigenvalue weighted by atomic mass is 31.2. The van der Waals surface area contributed by atoms with E-state index in [2.05, 4.69) is 32.4 Å². The van der Waals surface area contributed by atoms with Gasteiger partial charge in [-0.05, 0) is 0 Å². The second-order valence-corrected chi connectivity index (χ2v) is 4.52. The zero-order chi connectivity index (χ0) is 10.6. The summed E-state index contributed by atoms with van der Waals surface area (Å²) in [6.45, 7) is 10.4. The average molecular weight is 217 g/mol. The second kappa shape index (κ2) is 5.57. The molecule has 0 N–H and O–H groups in total. The lowest BCUT2D eigenvalue weighted by atomic mass is 10.3. The van der Waals surface area contributed by atoms with Gasteiger partial charge in [0.2, 0.25) is 0 Å². The molecule has 0 fully saturated rings. The maximum absolute atomic E-state index is 5.81. The fourth-order valence-corrected chi connectivity index (χ4v) is 2.97. The quantitative estimate of drug-likeness (QED) is 0.656. The molecule has 0 amide bonds. The Balaban J connectivity index is 2.58. The van der Waals surface area contributed by atoms with Gasteiger partial charge in [-0.2, -0.15) is 0 Å². The maximum Gasteiger partial charge on any atom is 0.384 e. The molecular weight excluding hydrogens is 197 g/mol. The zero-order valence-corrected chi connectivity index (χ0v) is 10.4. The van der Waals surface area contributed by atoms with Crippen LogP contribution in [0.1, 0.15) is 40.5 Å². The molecule has 0 spiro atoms. The number of hydrogen-bond acceptors (Lipinski definition) is 3. The Kier molecular flexibility index (Phi) is 4.70. The van der Waals surface area contributed by atoms with Crippen molar-refractivity contribution in [1.29, 1.82) is 0 Å². The molecule has 0 unspecified atom stereocenters. The lowest BCUT2D eigenvalue weighted by Gasteiger charge is -2.21. The Labute approximate surface area is 88.0 Å². The van der Waals surface area contributed by atoms with Gasteiger partial charge in [-0.25, -0.2) is 4.67 Å². The molecule has 0 atom stereocenters. The molecular formula is C10H20NO2P. The van der Waals surface area contributed by atoms with Crippen molar-refractivity contribution in [3.63, 3.8) is 0 Å². The van der Waals surface area contributed by atoms with Gasteiger partial charge >= 0.3 is 8.53 Å². The van der Waals surface area contributed by atoms with Crippen molar-refractivity contribution in [1.82, 2.24) is 4.67 Å². The van der Waals surface area contributed by atoms with E-state index >= 15 is 0 Å². The van der Waals surface area contributed by atoms with Crippen LogP contribution < -0.4 is 0 Å². The predicted octanol–water partition coefficient (Wildman–Crippen LogP) is 3.63. The van der Waals surface area contributed by atoms with Crippen LogP contribution in [-0.2, 0) is 9.05 Å². The van der Waals surface area contributed by atoms with E-state index < -0.39 is 8.53 Å². The number of rotatable bonds is 5. The third-order valence-electron chi connectivity index (χ3n) is 2.29. The highest BCUT2D eigenvalue weighted by molar-refractivity contribution is 7.45. The van der Waals surface area contributed by atoms with E-state index in [0.29, 0.717) is 0 Å². The minimum atomic E-state index is -0.840. The van der Waals surface area contributed by atoms with Gasteiger partial charge in [0.1, 0.15) is 11.5 Å². The van der Waals surface area contributed by atoms with E-state index in [-0.39, 0.29) is 0 Å². The monoisotopic (exact) mass is 217 g/mol. The molecule has 1 aliphatic rings. The standard InChI is InChI=1S/C10H20NO2P/c1-5-9-10(6-2)13-14(12-9)11(7-3)8-4/h5-8H2,1-4H3. The smallest absolute Gasteiger partial charge is 0.384 e. The molecule has 0 aliphatic carbocycles. The van der Waals surface area contributed by atoms with Crippen molar-refractivity contribution >= 4 is 8.53 Å². The summed E-state index contributed by atoms with van der Waals surface area (Å²) >= 11 is 0. The van der Waals surface area contributed by atoms with Crippen molar-refractivity contribution in [2.24, 2.45) is 0 Å². The van der Waals surface area contributed by atoms with Crippen molar-refractivity contribution in [3.05, 3.63) is 11.5 Å². The molecule has 0 bridgehead atoms. The molecule has 0 aromatic carbocycles. The van der Waals surface area contributed by atoms with Gasteiger partial charge in [-0.15, -0.1) is 0 Å². The molecule has 0 aromatic rings. The first-order valence-corrected chi connectivity index (χ1v) is 6.52. The van der Waals surface area contributed by atoms with Crippen LogP contribution in [0.3, 0.4) is 0 Å². The van der Waals surface area contributed by atoms with E-state index in [1.807, 2.05) is 0 Å². The van der Waals surface area contributed by atoms with Gasteiger partial charge in [-0.3, -0.25) is 0 Å². The van der Waals surface area contributed by atoms with Crippen LogP contribution in [0, 0.1) is 0 Å². The Bertz CT molecular complexity index is 198. The lowest BCUT2D eigenvalue weighted by molar-refractivity contribution is 0.338. The summed E-state index contributed by atoms with van der Waals surface area (Å²) in [7, 11) is -0.840. The van der Waals surface area contributed by atoms with Crippen molar-refractivity contribution in [2.75, 3.05) is 13.1 Å². The van der Waals surface area contributed by atoms with Crippen LogP contribution in [0.25, 0.3) is 0 Å². The van der Waals surface area contributed by atoms with Crippen LogP contribution in [0.15, 0.2) is 11.5 Å². The van der Waals surface area contributed by atoms with Crippen LogP contribution in [0.4, 0.5) is 0 Å². The van der Waals surface area contributed by atoms with E-state index in [0.717, 1.165) is 37.4 Å². The molecule has 1 rings (SSSR count). The van der Waals surface area contributed by atoms with E-state index in [9.17, 15) is 0 Å². The Hall–Kier alpha value is -0.270. The molecule has 3 nitrogen and oxygen atoms in total. The van der Waals surface area contributed by atoms with Gasteiger partial charge in [-0.1, -0.05) is 27.7 Å². The van der Waals surface area contributed by atoms with Crippen molar-refractivity contribution in [2.45, 2.75) is 40.5 Å². The summed E-state index contributed by atoms with van der Waals surface area (Å²) in [6.07, 6.45) is 1.87. The van der Waals surface area contributed by atoms with Gasteiger partial charge in [0.25, 0.3) is 0 Å². The van der Waals surface area contributed by atoms with Crippen LogP contribution in [0.2, 0.25) is 0 Å². The Morgan fingerprint density at radius 1 is 0.929 bits per heavy atom. The van der Waals surface area contributed by atoms with E-state index in [1.54, 1.807) is 0 Å². The fraction of sp³-hybridized carbons (Fsp3) is 0.800. The molecule has 0 aromatic heterocycles. The summed E-state index contributed by atoms with van der Waals surface area (Å²) < 4.78 is 13.8. The summed E-state index contributed by atoms with van der Waals surface area (Å²) in [5, 5.41) is 0. The first-order valence-electron chi connectivity index (χ1n) is 5.39. The number of nitrogens with zero attached hydrogens (tertiary/aromatic N) is 1. The summed E-state index contributed by atoms with van der Waals surface area (Å²) in [4.78, 5) is 0. The SMILES string of the molecule is CCC1=C(CC)OP(N(CC)CC)O1. The van der Waals surface area contributed by atoms with E-state index in [4.69, 9.17) is 9.05 Å².